The highest BCUT2D eigenvalue weighted by Gasteiger charge is 2.20. The summed E-state index contributed by atoms with van der Waals surface area (Å²) in [6, 6.07) is 15.7. The lowest BCUT2D eigenvalue weighted by Gasteiger charge is -2.18. The van der Waals surface area contributed by atoms with Gasteiger partial charge in [-0.25, -0.2) is 0 Å². The molecule has 5 nitrogen and oxygen atoms in total. The van der Waals surface area contributed by atoms with Crippen LogP contribution in [0.1, 0.15) is 43.4 Å². The van der Waals surface area contributed by atoms with Crippen LogP contribution in [-0.4, -0.2) is 18.4 Å². The average molecular weight is 340 g/mol. The van der Waals surface area contributed by atoms with Crippen molar-refractivity contribution in [1.29, 1.82) is 0 Å². The number of benzene rings is 2. The van der Waals surface area contributed by atoms with Crippen molar-refractivity contribution >= 4 is 11.8 Å². The molecule has 3 N–H and O–H groups in total. The highest BCUT2D eigenvalue weighted by molar-refractivity contribution is 5.88. The smallest absolute Gasteiger partial charge is 0.258 e. The quantitative estimate of drug-likeness (QED) is 0.775. The molecule has 0 saturated carbocycles. The average Bonchev–Trinajstić information content (AvgIpc) is 2.64. The van der Waals surface area contributed by atoms with Gasteiger partial charge in [-0.1, -0.05) is 62.4 Å². The van der Waals surface area contributed by atoms with Crippen molar-refractivity contribution in [3.05, 3.63) is 65.7 Å². The Labute approximate surface area is 148 Å². The molecule has 0 saturated heterocycles. The summed E-state index contributed by atoms with van der Waals surface area (Å²) < 4.78 is 5.67. The summed E-state index contributed by atoms with van der Waals surface area (Å²) in [5.74, 6) is 0.00967. The summed E-state index contributed by atoms with van der Waals surface area (Å²) in [5.41, 5.74) is 7.12. The van der Waals surface area contributed by atoms with Gasteiger partial charge in [0.25, 0.3) is 5.91 Å². The molecule has 2 aromatic carbocycles. The minimum absolute atomic E-state index is 0.177. The Morgan fingerprint density at radius 2 is 1.72 bits per heavy atom. The summed E-state index contributed by atoms with van der Waals surface area (Å²) in [4.78, 5) is 23.9. The molecular weight excluding hydrogens is 316 g/mol. The van der Waals surface area contributed by atoms with Crippen LogP contribution < -0.4 is 15.8 Å². The molecule has 132 valence electrons. The largest absolute Gasteiger partial charge is 0.483 e. The molecule has 0 fully saturated rings. The van der Waals surface area contributed by atoms with E-state index < -0.39 is 17.9 Å². The van der Waals surface area contributed by atoms with Crippen LogP contribution in [0.4, 0.5) is 0 Å². The molecule has 0 radical (unpaired) electrons. The van der Waals surface area contributed by atoms with Gasteiger partial charge in [0.15, 0.2) is 6.61 Å². The van der Waals surface area contributed by atoms with Gasteiger partial charge in [-0.2, -0.15) is 0 Å². The van der Waals surface area contributed by atoms with Crippen LogP contribution in [0.5, 0.6) is 5.75 Å². The van der Waals surface area contributed by atoms with E-state index in [2.05, 4.69) is 19.2 Å². The topological polar surface area (TPSA) is 81.4 Å². The van der Waals surface area contributed by atoms with Gasteiger partial charge in [-0.3, -0.25) is 9.59 Å². The third-order valence-corrected chi connectivity index (χ3v) is 4.14. The Morgan fingerprint density at radius 3 is 2.36 bits per heavy atom. The fourth-order valence-corrected chi connectivity index (χ4v) is 2.55. The van der Waals surface area contributed by atoms with E-state index in [4.69, 9.17) is 10.5 Å². The lowest BCUT2D eigenvalue weighted by Crippen LogP contribution is -2.39. The van der Waals surface area contributed by atoms with Crippen LogP contribution >= 0.6 is 0 Å². The number of carbonyl (C=O) groups is 2. The maximum absolute atomic E-state index is 12.2. The van der Waals surface area contributed by atoms with Crippen LogP contribution in [0.15, 0.2) is 54.6 Å². The second-order valence-corrected chi connectivity index (χ2v) is 5.95. The highest BCUT2D eigenvalue weighted by atomic mass is 16.5. The van der Waals surface area contributed by atoms with Crippen LogP contribution in [0.3, 0.4) is 0 Å². The Morgan fingerprint density at radius 1 is 1.08 bits per heavy atom. The normalized spacial score (nSPS) is 12.9. The highest BCUT2D eigenvalue weighted by Crippen LogP contribution is 2.28. The molecule has 0 heterocycles. The number of rotatable bonds is 8. The number of hydrogen-bond acceptors (Lipinski definition) is 3. The molecule has 0 aliphatic rings. The van der Waals surface area contributed by atoms with Crippen LogP contribution in [0, 0.1) is 0 Å². The molecule has 2 rings (SSSR count). The summed E-state index contributed by atoms with van der Waals surface area (Å²) in [6.45, 7) is 4.04. The molecule has 0 aromatic heterocycles. The van der Waals surface area contributed by atoms with Gasteiger partial charge in [-0.05, 0) is 29.5 Å². The Kier molecular flexibility index (Phi) is 6.57. The number of ether oxygens (including phenoxy) is 1. The summed E-state index contributed by atoms with van der Waals surface area (Å²) in [5, 5.41) is 2.63. The second kappa shape index (κ2) is 8.87. The predicted octanol–water partition coefficient (Wildman–Crippen LogP) is 2.92. The van der Waals surface area contributed by atoms with E-state index in [9.17, 15) is 9.59 Å². The van der Waals surface area contributed by atoms with Gasteiger partial charge in [-0.15, -0.1) is 0 Å². The maximum atomic E-state index is 12.2. The monoisotopic (exact) mass is 340 g/mol. The van der Waals surface area contributed by atoms with Gasteiger partial charge in [0.2, 0.25) is 5.91 Å². The standard InChI is InChI=1S/C20H24N2O3/c1-3-14(2)16-11-7-8-12-17(16)25-13-18(23)22-19(20(21)24)15-9-5-4-6-10-15/h4-12,14,19H,3,13H2,1-2H3,(H2,21,24)(H,22,23). The Hall–Kier alpha value is -2.82. The minimum atomic E-state index is -0.873. The van der Waals surface area contributed by atoms with Crippen molar-refractivity contribution in [3.63, 3.8) is 0 Å². The molecule has 2 aromatic rings. The molecule has 0 aliphatic carbocycles. The molecule has 25 heavy (non-hydrogen) atoms. The number of hydrogen-bond donors (Lipinski definition) is 2. The third-order valence-electron chi connectivity index (χ3n) is 4.14. The maximum Gasteiger partial charge on any atom is 0.258 e. The van der Waals surface area contributed by atoms with Gasteiger partial charge >= 0.3 is 0 Å². The molecule has 2 amide bonds. The van der Waals surface area contributed by atoms with Crippen molar-refractivity contribution < 1.29 is 14.3 Å². The zero-order valence-electron chi connectivity index (χ0n) is 14.6. The fraction of sp³-hybridized carbons (Fsp3) is 0.300. The van der Waals surface area contributed by atoms with Crippen LogP contribution in [0.2, 0.25) is 0 Å². The first-order valence-electron chi connectivity index (χ1n) is 8.38. The zero-order valence-corrected chi connectivity index (χ0v) is 14.6. The van der Waals surface area contributed by atoms with Crippen molar-refractivity contribution in [1.82, 2.24) is 5.32 Å². The number of primary amides is 1. The first-order chi connectivity index (χ1) is 12.0. The van der Waals surface area contributed by atoms with Gasteiger partial charge in [0.1, 0.15) is 11.8 Å². The fourth-order valence-electron chi connectivity index (χ4n) is 2.55. The summed E-state index contributed by atoms with van der Waals surface area (Å²) in [7, 11) is 0. The number of para-hydroxylation sites is 1. The van der Waals surface area contributed by atoms with E-state index in [1.54, 1.807) is 24.3 Å². The minimum Gasteiger partial charge on any atom is -0.483 e. The van der Waals surface area contributed by atoms with Gasteiger partial charge in [0.05, 0.1) is 0 Å². The van der Waals surface area contributed by atoms with Crippen LogP contribution in [-0.2, 0) is 9.59 Å². The second-order valence-electron chi connectivity index (χ2n) is 5.95. The van der Waals surface area contributed by atoms with Crippen molar-refractivity contribution in [2.45, 2.75) is 32.2 Å². The molecular formula is C20H24N2O3. The SMILES string of the molecule is CCC(C)c1ccccc1OCC(=O)NC(C(N)=O)c1ccccc1. The molecule has 0 spiro atoms. The molecule has 2 atom stereocenters. The van der Waals surface area contributed by atoms with Crippen molar-refractivity contribution in [2.75, 3.05) is 6.61 Å². The third kappa shape index (κ3) is 5.08. The van der Waals surface area contributed by atoms with Crippen molar-refractivity contribution in [3.8, 4) is 5.75 Å². The Bertz CT molecular complexity index is 716. The lowest BCUT2D eigenvalue weighted by atomic mass is 9.98. The van der Waals surface area contributed by atoms with E-state index in [-0.39, 0.29) is 6.61 Å². The predicted molar refractivity (Wildman–Crippen MR) is 97.2 cm³/mol. The number of nitrogens with two attached hydrogens (primary N) is 1. The summed E-state index contributed by atoms with van der Waals surface area (Å²) >= 11 is 0. The van der Waals surface area contributed by atoms with E-state index >= 15 is 0 Å². The molecule has 2 unspecified atom stereocenters. The first-order valence-corrected chi connectivity index (χ1v) is 8.38. The number of carbonyl (C=O) groups excluding carboxylic acids is 2. The van der Waals surface area contributed by atoms with Crippen LogP contribution in [0.25, 0.3) is 0 Å². The Balaban J connectivity index is 2.02. The van der Waals surface area contributed by atoms with E-state index in [0.717, 1.165) is 12.0 Å². The molecule has 5 heteroatoms. The van der Waals surface area contributed by atoms with Gasteiger partial charge < -0.3 is 15.8 Å². The number of amides is 2. The van der Waals surface area contributed by atoms with E-state index in [0.29, 0.717) is 17.2 Å². The molecule has 0 aliphatic heterocycles. The first kappa shape index (κ1) is 18.5. The van der Waals surface area contributed by atoms with Gasteiger partial charge in [0, 0.05) is 0 Å². The number of nitrogens with one attached hydrogen (secondary N) is 1. The zero-order chi connectivity index (χ0) is 18.2. The van der Waals surface area contributed by atoms with E-state index in [1.807, 2.05) is 30.3 Å². The summed E-state index contributed by atoms with van der Waals surface area (Å²) in [6.07, 6.45) is 0.977. The van der Waals surface area contributed by atoms with E-state index in [1.165, 1.54) is 0 Å². The lowest BCUT2D eigenvalue weighted by molar-refractivity contribution is -0.128. The molecule has 0 bridgehead atoms. The van der Waals surface area contributed by atoms with Crippen molar-refractivity contribution in [2.24, 2.45) is 5.73 Å².